The van der Waals surface area contributed by atoms with E-state index in [2.05, 4.69) is 5.10 Å². The SMILES string of the molecule is Cc1nn(C)c(C)c1CCC(=O)N1CCCc2c1cccc2[N+](=O)[O-]. The lowest BCUT2D eigenvalue weighted by Gasteiger charge is -2.29. The summed E-state index contributed by atoms with van der Waals surface area (Å²) < 4.78 is 1.83. The molecule has 0 fully saturated rings. The summed E-state index contributed by atoms with van der Waals surface area (Å²) in [6, 6.07) is 4.97. The molecule has 0 unspecified atom stereocenters. The van der Waals surface area contributed by atoms with E-state index in [0.717, 1.165) is 23.4 Å². The number of amides is 1. The zero-order chi connectivity index (χ0) is 18.1. The van der Waals surface area contributed by atoms with Crippen LogP contribution in [0.25, 0.3) is 0 Å². The van der Waals surface area contributed by atoms with Gasteiger partial charge in [-0.15, -0.1) is 0 Å². The lowest BCUT2D eigenvalue weighted by molar-refractivity contribution is -0.385. The quantitative estimate of drug-likeness (QED) is 0.632. The average molecular weight is 342 g/mol. The first-order valence-corrected chi connectivity index (χ1v) is 8.46. The van der Waals surface area contributed by atoms with Crippen molar-refractivity contribution < 1.29 is 9.72 Å². The highest BCUT2D eigenvalue weighted by Gasteiger charge is 2.28. The van der Waals surface area contributed by atoms with Crippen LogP contribution in [-0.2, 0) is 24.7 Å². The summed E-state index contributed by atoms with van der Waals surface area (Å²) in [7, 11) is 1.90. The summed E-state index contributed by atoms with van der Waals surface area (Å²) in [6.45, 7) is 4.56. The van der Waals surface area contributed by atoms with Crippen molar-refractivity contribution in [2.24, 2.45) is 7.05 Å². The van der Waals surface area contributed by atoms with E-state index in [9.17, 15) is 14.9 Å². The molecule has 132 valence electrons. The minimum Gasteiger partial charge on any atom is -0.312 e. The number of nitrogens with zero attached hydrogens (tertiary/aromatic N) is 4. The van der Waals surface area contributed by atoms with Crippen LogP contribution in [0.1, 0.15) is 35.4 Å². The van der Waals surface area contributed by atoms with E-state index in [1.807, 2.05) is 25.6 Å². The number of hydrogen-bond acceptors (Lipinski definition) is 4. The number of fused-ring (bicyclic) bond motifs is 1. The maximum absolute atomic E-state index is 12.8. The van der Waals surface area contributed by atoms with Gasteiger partial charge in [0.05, 0.1) is 21.9 Å². The van der Waals surface area contributed by atoms with Crippen molar-refractivity contribution in [1.82, 2.24) is 9.78 Å². The fraction of sp³-hybridized carbons (Fsp3) is 0.444. The molecule has 25 heavy (non-hydrogen) atoms. The molecule has 2 heterocycles. The summed E-state index contributed by atoms with van der Waals surface area (Å²) in [5.41, 5.74) is 4.58. The number of aryl methyl sites for hydroxylation is 2. The van der Waals surface area contributed by atoms with Gasteiger partial charge in [-0.25, -0.2) is 0 Å². The number of benzene rings is 1. The lowest BCUT2D eigenvalue weighted by atomic mass is 9.99. The van der Waals surface area contributed by atoms with Gasteiger partial charge >= 0.3 is 0 Å². The van der Waals surface area contributed by atoms with Crippen LogP contribution in [0.15, 0.2) is 18.2 Å². The molecule has 0 bridgehead atoms. The second kappa shape index (κ2) is 6.66. The normalized spacial score (nSPS) is 13.6. The third-order valence-electron chi connectivity index (χ3n) is 4.97. The smallest absolute Gasteiger partial charge is 0.274 e. The minimum atomic E-state index is -0.366. The highest BCUT2D eigenvalue weighted by Crippen LogP contribution is 2.34. The Labute approximate surface area is 146 Å². The van der Waals surface area contributed by atoms with Crippen LogP contribution in [0.4, 0.5) is 11.4 Å². The molecule has 0 spiro atoms. The van der Waals surface area contributed by atoms with Gasteiger partial charge in [-0.05, 0) is 44.7 Å². The Balaban J connectivity index is 1.81. The molecular weight excluding hydrogens is 320 g/mol. The number of anilines is 1. The largest absolute Gasteiger partial charge is 0.312 e. The second-order valence-corrected chi connectivity index (χ2v) is 6.45. The van der Waals surface area contributed by atoms with Crippen molar-refractivity contribution in [2.75, 3.05) is 11.4 Å². The summed E-state index contributed by atoms with van der Waals surface area (Å²) in [5.74, 6) is 0.00380. The number of aromatic nitrogens is 2. The first-order valence-electron chi connectivity index (χ1n) is 8.46. The Bertz CT molecular complexity index is 841. The Morgan fingerprint density at radius 3 is 2.76 bits per heavy atom. The van der Waals surface area contributed by atoms with Crippen molar-refractivity contribution in [3.05, 3.63) is 50.8 Å². The van der Waals surface area contributed by atoms with Crippen molar-refractivity contribution in [2.45, 2.75) is 39.5 Å². The lowest BCUT2D eigenvalue weighted by Crippen LogP contribution is -2.35. The number of hydrogen-bond donors (Lipinski definition) is 0. The van der Waals surface area contributed by atoms with E-state index in [1.54, 1.807) is 17.0 Å². The molecular formula is C18H22N4O3. The fourth-order valence-corrected chi connectivity index (χ4v) is 3.58. The summed E-state index contributed by atoms with van der Waals surface area (Å²) in [5, 5.41) is 15.6. The minimum absolute atomic E-state index is 0.00380. The Morgan fingerprint density at radius 2 is 2.12 bits per heavy atom. The highest BCUT2D eigenvalue weighted by atomic mass is 16.6. The molecule has 1 aromatic carbocycles. The number of carbonyl (C=O) groups excluding carboxylic acids is 1. The van der Waals surface area contributed by atoms with Crippen molar-refractivity contribution >= 4 is 17.3 Å². The number of nitro groups is 1. The summed E-state index contributed by atoms with van der Waals surface area (Å²) in [4.78, 5) is 25.3. The molecule has 7 nitrogen and oxygen atoms in total. The van der Waals surface area contributed by atoms with Gasteiger partial charge in [0.25, 0.3) is 5.69 Å². The predicted molar refractivity (Wildman–Crippen MR) is 94.8 cm³/mol. The molecule has 1 aliphatic heterocycles. The monoisotopic (exact) mass is 342 g/mol. The third kappa shape index (κ3) is 3.14. The predicted octanol–water partition coefficient (Wildman–Crippen LogP) is 2.86. The maximum Gasteiger partial charge on any atom is 0.274 e. The molecule has 0 aliphatic carbocycles. The third-order valence-corrected chi connectivity index (χ3v) is 4.97. The van der Waals surface area contributed by atoms with E-state index < -0.39 is 0 Å². The van der Waals surface area contributed by atoms with Crippen LogP contribution in [-0.4, -0.2) is 27.2 Å². The van der Waals surface area contributed by atoms with Gasteiger partial charge in [0.1, 0.15) is 0 Å². The average Bonchev–Trinajstić information content (AvgIpc) is 2.83. The molecule has 0 radical (unpaired) electrons. The van der Waals surface area contributed by atoms with E-state index in [1.165, 1.54) is 6.07 Å². The van der Waals surface area contributed by atoms with Crippen LogP contribution in [0.2, 0.25) is 0 Å². The van der Waals surface area contributed by atoms with Gasteiger partial charge < -0.3 is 4.90 Å². The van der Waals surface area contributed by atoms with Gasteiger partial charge in [0, 0.05) is 31.8 Å². The van der Waals surface area contributed by atoms with Crippen LogP contribution in [0, 0.1) is 24.0 Å². The number of rotatable bonds is 4. The summed E-state index contributed by atoms with van der Waals surface area (Å²) >= 11 is 0. The second-order valence-electron chi connectivity index (χ2n) is 6.45. The Hall–Kier alpha value is -2.70. The molecule has 7 heteroatoms. The van der Waals surface area contributed by atoms with Gasteiger partial charge in [0.15, 0.2) is 0 Å². The van der Waals surface area contributed by atoms with Crippen LogP contribution < -0.4 is 4.90 Å². The first kappa shape index (κ1) is 17.1. The Kier molecular flexibility index (Phi) is 4.57. The van der Waals surface area contributed by atoms with E-state index in [0.29, 0.717) is 37.1 Å². The molecule has 1 aliphatic rings. The number of nitro benzene ring substituents is 1. The molecule has 2 aromatic rings. The van der Waals surface area contributed by atoms with Gasteiger partial charge in [-0.3, -0.25) is 19.6 Å². The van der Waals surface area contributed by atoms with Crippen LogP contribution >= 0.6 is 0 Å². The van der Waals surface area contributed by atoms with Crippen LogP contribution in [0.5, 0.6) is 0 Å². The maximum atomic E-state index is 12.8. The van der Waals surface area contributed by atoms with Gasteiger partial charge in [0.2, 0.25) is 5.91 Å². The summed E-state index contributed by atoms with van der Waals surface area (Å²) in [6.07, 6.45) is 2.38. The van der Waals surface area contributed by atoms with Crippen molar-refractivity contribution in [3.63, 3.8) is 0 Å². The Morgan fingerprint density at radius 1 is 1.36 bits per heavy atom. The molecule has 0 atom stereocenters. The molecule has 1 aromatic heterocycles. The van der Waals surface area contributed by atoms with Gasteiger partial charge in [-0.1, -0.05) is 6.07 Å². The van der Waals surface area contributed by atoms with Crippen molar-refractivity contribution in [1.29, 1.82) is 0 Å². The first-order chi connectivity index (χ1) is 11.9. The zero-order valence-electron chi connectivity index (χ0n) is 14.8. The molecule has 1 amide bonds. The fourth-order valence-electron chi connectivity index (χ4n) is 3.58. The molecule has 0 N–H and O–H groups in total. The molecule has 0 saturated heterocycles. The van der Waals surface area contributed by atoms with Crippen molar-refractivity contribution in [3.8, 4) is 0 Å². The highest BCUT2D eigenvalue weighted by molar-refractivity contribution is 5.95. The van der Waals surface area contributed by atoms with Gasteiger partial charge in [-0.2, -0.15) is 5.10 Å². The number of carbonyl (C=O) groups is 1. The van der Waals surface area contributed by atoms with E-state index in [-0.39, 0.29) is 16.5 Å². The standard InChI is InChI=1S/C18H22N4O3/c1-12-14(13(2)20(3)19-12)9-10-18(23)21-11-5-6-15-16(21)7-4-8-17(15)22(24)25/h4,7-8H,5-6,9-11H2,1-3H3. The molecule has 3 rings (SSSR count). The van der Waals surface area contributed by atoms with E-state index >= 15 is 0 Å². The van der Waals surface area contributed by atoms with E-state index in [4.69, 9.17) is 0 Å². The molecule has 0 saturated carbocycles. The zero-order valence-corrected chi connectivity index (χ0v) is 14.8. The topological polar surface area (TPSA) is 81.3 Å². The van der Waals surface area contributed by atoms with Crippen LogP contribution in [0.3, 0.4) is 0 Å².